The molecule has 1 N–H and O–H groups in total. The van der Waals surface area contributed by atoms with E-state index < -0.39 is 0 Å². The van der Waals surface area contributed by atoms with E-state index in [0.717, 1.165) is 38.8 Å². The van der Waals surface area contributed by atoms with E-state index in [1.807, 2.05) is 54.7 Å². The first-order valence-corrected chi connectivity index (χ1v) is 7.95. The summed E-state index contributed by atoms with van der Waals surface area (Å²) in [5.41, 5.74) is 4.14. The Bertz CT molecular complexity index is 1030. The molecule has 0 aliphatic carbocycles. The second-order valence-corrected chi connectivity index (χ2v) is 5.83. The van der Waals surface area contributed by atoms with Gasteiger partial charge in [0.25, 0.3) is 0 Å². The van der Waals surface area contributed by atoms with Gasteiger partial charge in [0.15, 0.2) is 5.75 Å². The zero-order chi connectivity index (χ0) is 16.5. The molecule has 0 aliphatic heterocycles. The lowest BCUT2D eigenvalue weighted by atomic mass is 10.0. The largest absolute Gasteiger partial charge is 0.494 e. The van der Waals surface area contributed by atoms with Crippen molar-refractivity contribution in [1.82, 2.24) is 4.98 Å². The molecular weight excluding hydrogens is 296 g/mol. The number of hydrogen-bond donors (Lipinski definition) is 1. The topological polar surface area (TPSA) is 34.1 Å². The first-order valence-electron chi connectivity index (χ1n) is 7.95. The van der Waals surface area contributed by atoms with Crippen LogP contribution >= 0.6 is 0 Å². The maximum absolute atomic E-state index is 5.80. The molecule has 3 aromatic carbocycles. The van der Waals surface area contributed by atoms with Gasteiger partial charge in [0.2, 0.25) is 0 Å². The SMILES string of the molecule is COc1c(Nc2ccccc2)cc(C)c2cnc3ccccc3c12. The average molecular weight is 314 g/mol. The zero-order valence-corrected chi connectivity index (χ0v) is 13.7. The van der Waals surface area contributed by atoms with Crippen molar-refractivity contribution in [2.75, 3.05) is 12.4 Å². The summed E-state index contributed by atoms with van der Waals surface area (Å²) >= 11 is 0. The summed E-state index contributed by atoms with van der Waals surface area (Å²) in [4.78, 5) is 4.58. The van der Waals surface area contributed by atoms with E-state index in [2.05, 4.69) is 29.4 Å². The first kappa shape index (κ1) is 14.5. The molecule has 3 nitrogen and oxygen atoms in total. The van der Waals surface area contributed by atoms with Crippen LogP contribution in [0.15, 0.2) is 66.9 Å². The summed E-state index contributed by atoms with van der Waals surface area (Å²) in [5.74, 6) is 0.845. The summed E-state index contributed by atoms with van der Waals surface area (Å²) in [6.07, 6.45) is 1.93. The van der Waals surface area contributed by atoms with Crippen LogP contribution in [0.1, 0.15) is 5.56 Å². The maximum Gasteiger partial charge on any atom is 0.150 e. The molecule has 0 spiro atoms. The normalized spacial score (nSPS) is 10.9. The van der Waals surface area contributed by atoms with E-state index in [9.17, 15) is 0 Å². The molecule has 1 heterocycles. The number of rotatable bonds is 3. The quantitative estimate of drug-likeness (QED) is 0.511. The minimum atomic E-state index is 0.845. The van der Waals surface area contributed by atoms with Crippen molar-refractivity contribution in [1.29, 1.82) is 0 Å². The number of methoxy groups -OCH3 is 1. The van der Waals surface area contributed by atoms with Crippen LogP contribution < -0.4 is 10.1 Å². The monoisotopic (exact) mass is 314 g/mol. The number of anilines is 2. The van der Waals surface area contributed by atoms with Crippen LogP contribution in [-0.2, 0) is 0 Å². The average Bonchev–Trinajstić information content (AvgIpc) is 2.62. The van der Waals surface area contributed by atoms with Gasteiger partial charge in [-0.3, -0.25) is 4.98 Å². The summed E-state index contributed by atoms with van der Waals surface area (Å²) in [7, 11) is 1.72. The van der Waals surface area contributed by atoms with Gasteiger partial charge < -0.3 is 10.1 Å². The Hall–Kier alpha value is -3.07. The molecule has 4 aromatic rings. The van der Waals surface area contributed by atoms with Crippen molar-refractivity contribution in [2.24, 2.45) is 0 Å². The van der Waals surface area contributed by atoms with Gasteiger partial charge in [0.05, 0.1) is 18.3 Å². The number of hydrogen-bond acceptors (Lipinski definition) is 3. The van der Waals surface area contributed by atoms with Gasteiger partial charge in [-0.05, 0) is 36.8 Å². The van der Waals surface area contributed by atoms with Crippen LogP contribution in [0.25, 0.3) is 21.7 Å². The molecule has 1 aromatic heterocycles. The number of benzene rings is 3. The number of ether oxygens (including phenoxy) is 1. The van der Waals surface area contributed by atoms with Crippen LogP contribution in [-0.4, -0.2) is 12.1 Å². The molecule has 118 valence electrons. The lowest BCUT2D eigenvalue weighted by molar-refractivity contribution is 0.422. The Morgan fingerprint density at radius 1 is 0.917 bits per heavy atom. The highest BCUT2D eigenvalue weighted by atomic mass is 16.5. The van der Waals surface area contributed by atoms with Crippen molar-refractivity contribution in [3.63, 3.8) is 0 Å². The smallest absolute Gasteiger partial charge is 0.150 e. The minimum absolute atomic E-state index is 0.845. The van der Waals surface area contributed by atoms with Gasteiger partial charge in [-0.15, -0.1) is 0 Å². The Morgan fingerprint density at radius 3 is 2.46 bits per heavy atom. The summed E-state index contributed by atoms with van der Waals surface area (Å²) in [6, 6.07) is 20.4. The molecule has 24 heavy (non-hydrogen) atoms. The van der Waals surface area contributed by atoms with Crippen molar-refractivity contribution in [3.05, 3.63) is 72.4 Å². The van der Waals surface area contributed by atoms with Crippen LogP contribution in [0.4, 0.5) is 11.4 Å². The highest BCUT2D eigenvalue weighted by molar-refractivity contribution is 6.12. The van der Waals surface area contributed by atoms with Gasteiger partial charge in [-0.2, -0.15) is 0 Å². The van der Waals surface area contributed by atoms with E-state index in [0.29, 0.717) is 0 Å². The number of aryl methyl sites for hydroxylation is 1. The molecular formula is C21H18N2O. The van der Waals surface area contributed by atoms with Gasteiger partial charge in [0, 0.05) is 28.0 Å². The molecule has 0 saturated heterocycles. The predicted octanol–water partition coefficient (Wildman–Crippen LogP) is 5.45. The highest BCUT2D eigenvalue weighted by Crippen LogP contribution is 2.40. The predicted molar refractivity (Wildman–Crippen MR) is 100 cm³/mol. The molecule has 0 fully saturated rings. The Morgan fingerprint density at radius 2 is 1.67 bits per heavy atom. The molecule has 4 rings (SSSR count). The summed E-state index contributed by atoms with van der Waals surface area (Å²) in [5, 5.41) is 6.79. The van der Waals surface area contributed by atoms with Gasteiger partial charge in [-0.25, -0.2) is 0 Å². The Kier molecular flexibility index (Phi) is 3.54. The van der Waals surface area contributed by atoms with Crippen molar-refractivity contribution in [3.8, 4) is 5.75 Å². The number of aromatic nitrogens is 1. The Balaban J connectivity index is 2.03. The summed E-state index contributed by atoms with van der Waals surface area (Å²) in [6.45, 7) is 2.11. The van der Waals surface area contributed by atoms with Crippen LogP contribution in [0.3, 0.4) is 0 Å². The fraction of sp³-hybridized carbons (Fsp3) is 0.0952. The maximum atomic E-state index is 5.80. The number of nitrogens with one attached hydrogen (secondary N) is 1. The third kappa shape index (κ3) is 2.35. The lowest BCUT2D eigenvalue weighted by Crippen LogP contribution is -1.98. The fourth-order valence-electron chi connectivity index (χ4n) is 3.16. The fourth-order valence-corrected chi connectivity index (χ4v) is 3.16. The molecule has 0 atom stereocenters. The number of pyridine rings is 1. The number of nitrogens with zero attached hydrogens (tertiary/aromatic N) is 1. The van der Waals surface area contributed by atoms with Crippen LogP contribution in [0.5, 0.6) is 5.75 Å². The van der Waals surface area contributed by atoms with E-state index in [1.165, 1.54) is 5.56 Å². The van der Waals surface area contributed by atoms with E-state index in [1.54, 1.807) is 7.11 Å². The van der Waals surface area contributed by atoms with Crippen molar-refractivity contribution < 1.29 is 4.74 Å². The second kappa shape index (κ2) is 5.85. The van der Waals surface area contributed by atoms with Crippen LogP contribution in [0, 0.1) is 6.92 Å². The Labute approximate surface area is 140 Å². The van der Waals surface area contributed by atoms with Gasteiger partial charge in [-0.1, -0.05) is 36.4 Å². The molecule has 3 heteroatoms. The van der Waals surface area contributed by atoms with Crippen molar-refractivity contribution >= 4 is 33.1 Å². The lowest BCUT2D eigenvalue weighted by Gasteiger charge is -2.17. The van der Waals surface area contributed by atoms with Gasteiger partial charge >= 0.3 is 0 Å². The highest BCUT2D eigenvalue weighted by Gasteiger charge is 2.14. The van der Waals surface area contributed by atoms with E-state index >= 15 is 0 Å². The molecule has 0 aliphatic rings. The van der Waals surface area contributed by atoms with E-state index in [-0.39, 0.29) is 0 Å². The van der Waals surface area contributed by atoms with E-state index in [4.69, 9.17) is 4.74 Å². The zero-order valence-electron chi connectivity index (χ0n) is 13.7. The minimum Gasteiger partial charge on any atom is -0.494 e. The van der Waals surface area contributed by atoms with Crippen LogP contribution in [0.2, 0.25) is 0 Å². The summed E-state index contributed by atoms with van der Waals surface area (Å²) < 4.78 is 5.80. The number of para-hydroxylation sites is 2. The van der Waals surface area contributed by atoms with Gasteiger partial charge in [0.1, 0.15) is 0 Å². The third-order valence-electron chi connectivity index (χ3n) is 4.29. The van der Waals surface area contributed by atoms with Crippen molar-refractivity contribution in [2.45, 2.75) is 6.92 Å². The molecule has 0 saturated carbocycles. The molecule has 0 amide bonds. The second-order valence-electron chi connectivity index (χ2n) is 5.83. The first-order chi connectivity index (χ1) is 11.8. The third-order valence-corrected chi connectivity index (χ3v) is 4.29. The molecule has 0 bridgehead atoms. The standard InChI is InChI=1S/C21H18N2O/c1-14-12-19(23-15-8-4-3-5-9-15)21(24-2)20-16-10-6-7-11-18(16)22-13-17(14)20/h3-13,23H,1-2H3. The molecule has 0 unspecified atom stereocenters. The number of fused-ring (bicyclic) bond motifs is 3. The molecule has 0 radical (unpaired) electrons.